The van der Waals surface area contributed by atoms with E-state index in [2.05, 4.69) is 46.0 Å². The highest BCUT2D eigenvalue weighted by molar-refractivity contribution is 7.09. The van der Waals surface area contributed by atoms with Gasteiger partial charge in [-0.2, -0.15) is 0 Å². The fraction of sp³-hybridized carbons (Fsp3) is 0.421. The molecule has 136 valence electrons. The van der Waals surface area contributed by atoms with Gasteiger partial charge in [0.2, 0.25) is 0 Å². The van der Waals surface area contributed by atoms with Crippen molar-refractivity contribution in [2.75, 3.05) is 33.8 Å². The molecule has 5 nitrogen and oxygen atoms in total. The predicted octanol–water partition coefficient (Wildman–Crippen LogP) is 2.94. The second kappa shape index (κ2) is 10.7. The first-order valence-corrected chi connectivity index (χ1v) is 9.47. The van der Waals surface area contributed by atoms with Crippen molar-refractivity contribution < 1.29 is 4.74 Å². The standard InChI is InChI=1S/C19H28N4OS/c1-4-20-19(22-15-17-9-7-13-25-17)21-14-16-8-5-6-10-18(16)24-12-11-23(2)3/h5-10,13H,4,11-12,14-15H2,1-3H3,(H2,20,21,22). The van der Waals surface area contributed by atoms with Crippen molar-refractivity contribution in [2.45, 2.75) is 20.0 Å². The quantitative estimate of drug-likeness (QED) is 0.533. The number of ether oxygens (including phenoxy) is 1. The topological polar surface area (TPSA) is 48.9 Å². The molecule has 6 heteroatoms. The van der Waals surface area contributed by atoms with E-state index in [1.807, 2.05) is 32.3 Å². The van der Waals surface area contributed by atoms with Gasteiger partial charge in [0.1, 0.15) is 12.4 Å². The van der Waals surface area contributed by atoms with Crippen molar-refractivity contribution in [1.29, 1.82) is 0 Å². The van der Waals surface area contributed by atoms with Gasteiger partial charge in [0.15, 0.2) is 5.96 Å². The fourth-order valence-electron chi connectivity index (χ4n) is 2.20. The summed E-state index contributed by atoms with van der Waals surface area (Å²) in [5.74, 6) is 1.72. The van der Waals surface area contributed by atoms with Crippen LogP contribution in [0.4, 0.5) is 0 Å². The zero-order valence-corrected chi connectivity index (χ0v) is 16.1. The highest BCUT2D eigenvalue weighted by Gasteiger charge is 2.04. The lowest BCUT2D eigenvalue weighted by atomic mass is 10.2. The van der Waals surface area contributed by atoms with E-state index >= 15 is 0 Å². The number of thiophene rings is 1. The van der Waals surface area contributed by atoms with Crippen LogP contribution in [-0.4, -0.2) is 44.7 Å². The summed E-state index contributed by atoms with van der Waals surface area (Å²) < 4.78 is 5.91. The van der Waals surface area contributed by atoms with Crippen LogP contribution in [0.5, 0.6) is 5.75 Å². The third-order valence-corrected chi connectivity index (χ3v) is 4.41. The summed E-state index contributed by atoms with van der Waals surface area (Å²) in [6.45, 7) is 5.83. The molecule has 2 N–H and O–H groups in total. The van der Waals surface area contributed by atoms with Crippen LogP contribution in [0.15, 0.2) is 46.8 Å². The van der Waals surface area contributed by atoms with E-state index in [0.29, 0.717) is 13.2 Å². The third kappa shape index (κ3) is 7.15. The Kier molecular flexibility index (Phi) is 8.28. The van der Waals surface area contributed by atoms with Crippen molar-refractivity contribution in [3.8, 4) is 5.75 Å². The molecule has 1 aromatic heterocycles. The van der Waals surface area contributed by atoms with E-state index in [-0.39, 0.29) is 0 Å². The molecule has 0 bridgehead atoms. The molecule has 2 aromatic rings. The average molecular weight is 361 g/mol. The molecule has 25 heavy (non-hydrogen) atoms. The lowest BCUT2D eigenvalue weighted by Crippen LogP contribution is -2.36. The van der Waals surface area contributed by atoms with E-state index in [1.165, 1.54) is 4.88 Å². The van der Waals surface area contributed by atoms with Gasteiger partial charge in [-0.1, -0.05) is 24.3 Å². The number of benzene rings is 1. The Labute approximate surface area is 154 Å². The SMILES string of the molecule is CCNC(=NCc1ccccc1OCCN(C)C)NCc1cccs1. The van der Waals surface area contributed by atoms with Crippen molar-refractivity contribution in [3.63, 3.8) is 0 Å². The van der Waals surface area contributed by atoms with Crippen LogP contribution in [0.1, 0.15) is 17.4 Å². The van der Waals surface area contributed by atoms with Gasteiger partial charge in [-0.05, 0) is 38.5 Å². The van der Waals surface area contributed by atoms with E-state index in [0.717, 1.165) is 36.9 Å². The molecule has 0 spiro atoms. The number of aliphatic imine (C=N–C) groups is 1. The summed E-state index contributed by atoms with van der Waals surface area (Å²) in [7, 11) is 4.09. The Morgan fingerprint density at radius 2 is 2.00 bits per heavy atom. The maximum Gasteiger partial charge on any atom is 0.191 e. The Bertz CT molecular complexity index is 641. The Morgan fingerprint density at radius 1 is 1.16 bits per heavy atom. The summed E-state index contributed by atoms with van der Waals surface area (Å²) in [4.78, 5) is 8.10. The second-order valence-electron chi connectivity index (χ2n) is 5.89. The molecule has 0 unspecified atom stereocenters. The van der Waals surface area contributed by atoms with Crippen molar-refractivity contribution in [3.05, 3.63) is 52.2 Å². The van der Waals surface area contributed by atoms with E-state index in [9.17, 15) is 0 Å². The molecule has 0 radical (unpaired) electrons. The molecule has 0 saturated heterocycles. The molecular formula is C19H28N4OS. The molecule has 0 saturated carbocycles. The second-order valence-corrected chi connectivity index (χ2v) is 6.92. The van der Waals surface area contributed by atoms with Gasteiger partial charge in [-0.3, -0.25) is 0 Å². The lowest BCUT2D eigenvalue weighted by Gasteiger charge is -2.14. The number of nitrogens with zero attached hydrogens (tertiary/aromatic N) is 2. The summed E-state index contributed by atoms with van der Waals surface area (Å²) in [6.07, 6.45) is 0. The number of likely N-dealkylation sites (N-methyl/N-ethyl adjacent to an activating group) is 1. The molecule has 1 heterocycles. The molecule has 0 aliphatic carbocycles. The highest BCUT2D eigenvalue weighted by Crippen LogP contribution is 2.18. The van der Waals surface area contributed by atoms with Gasteiger partial charge in [0.25, 0.3) is 0 Å². The predicted molar refractivity (Wildman–Crippen MR) is 106 cm³/mol. The number of hydrogen-bond donors (Lipinski definition) is 2. The van der Waals surface area contributed by atoms with Gasteiger partial charge in [0.05, 0.1) is 13.1 Å². The molecule has 0 fully saturated rings. The number of hydrogen-bond acceptors (Lipinski definition) is 4. The van der Waals surface area contributed by atoms with Crippen molar-refractivity contribution in [2.24, 2.45) is 4.99 Å². The van der Waals surface area contributed by atoms with Crippen LogP contribution in [0.3, 0.4) is 0 Å². The third-order valence-electron chi connectivity index (χ3n) is 3.53. The Balaban J connectivity index is 1.96. The minimum atomic E-state index is 0.581. The Morgan fingerprint density at radius 3 is 2.72 bits per heavy atom. The van der Waals surface area contributed by atoms with Crippen LogP contribution in [0.2, 0.25) is 0 Å². The molecule has 1 aromatic carbocycles. The minimum absolute atomic E-state index is 0.581. The van der Waals surface area contributed by atoms with Gasteiger partial charge in [-0.15, -0.1) is 11.3 Å². The van der Waals surface area contributed by atoms with Gasteiger partial charge < -0.3 is 20.3 Å². The normalized spacial score (nSPS) is 11.6. The summed E-state index contributed by atoms with van der Waals surface area (Å²) in [6, 6.07) is 12.3. The molecule has 0 amide bonds. The zero-order valence-electron chi connectivity index (χ0n) is 15.3. The van der Waals surface area contributed by atoms with Gasteiger partial charge >= 0.3 is 0 Å². The summed E-state index contributed by atoms with van der Waals surface area (Å²) >= 11 is 1.74. The summed E-state index contributed by atoms with van der Waals surface area (Å²) in [5.41, 5.74) is 1.09. The number of para-hydroxylation sites is 1. The van der Waals surface area contributed by atoms with Gasteiger partial charge in [-0.25, -0.2) is 4.99 Å². The first kappa shape index (κ1) is 19.3. The molecule has 2 rings (SSSR count). The smallest absolute Gasteiger partial charge is 0.191 e. The highest BCUT2D eigenvalue weighted by atomic mass is 32.1. The fourth-order valence-corrected chi connectivity index (χ4v) is 2.85. The van der Waals surface area contributed by atoms with Crippen LogP contribution in [0, 0.1) is 0 Å². The van der Waals surface area contributed by atoms with E-state index in [1.54, 1.807) is 11.3 Å². The lowest BCUT2D eigenvalue weighted by molar-refractivity contribution is 0.259. The maximum atomic E-state index is 5.91. The van der Waals surface area contributed by atoms with Crippen LogP contribution >= 0.6 is 11.3 Å². The monoisotopic (exact) mass is 360 g/mol. The zero-order chi connectivity index (χ0) is 17.9. The van der Waals surface area contributed by atoms with E-state index in [4.69, 9.17) is 9.73 Å². The average Bonchev–Trinajstić information content (AvgIpc) is 3.11. The largest absolute Gasteiger partial charge is 0.492 e. The Hall–Kier alpha value is -2.05. The minimum Gasteiger partial charge on any atom is -0.492 e. The molecule has 0 aliphatic rings. The van der Waals surface area contributed by atoms with Crippen LogP contribution in [-0.2, 0) is 13.1 Å². The molecular weight excluding hydrogens is 332 g/mol. The van der Waals surface area contributed by atoms with E-state index < -0.39 is 0 Å². The van der Waals surface area contributed by atoms with Crippen LogP contribution < -0.4 is 15.4 Å². The number of rotatable bonds is 9. The van der Waals surface area contributed by atoms with Crippen molar-refractivity contribution >= 4 is 17.3 Å². The van der Waals surface area contributed by atoms with Gasteiger partial charge in [0, 0.05) is 23.5 Å². The van der Waals surface area contributed by atoms with Crippen LogP contribution in [0.25, 0.3) is 0 Å². The molecule has 0 atom stereocenters. The molecule has 0 aliphatic heterocycles. The summed E-state index contributed by atoms with van der Waals surface area (Å²) in [5, 5.41) is 8.75. The first-order chi connectivity index (χ1) is 12.2. The number of nitrogens with one attached hydrogen (secondary N) is 2. The number of guanidine groups is 1. The van der Waals surface area contributed by atoms with Crippen molar-refractivity contribution in [1.82, 2.24) is 15.5 Å². The maximum absolute atomic E-state index is 5.91. The first-order valence-electron chi connectivity index (χ1n) is 8.59.